The molecule has 0 aromatic heterocycles. The van der Waals surface area contributed by atoms with Crippen LogP contribution in [0.3, 0.4) is 0 Å². The second-order valence-corrected chi connectivity index (χ2v) is 4.75. The highest BCUT2D eigenvalue weighted by Crippen LogP contribution is 2.19. The maximum absolute atomic E-state index is 11.5. The van der Waals surface area contributed by atoms with Gasteiger partial charge in [-0.25, -0.2) is 4.79 Å². The maximum Gasteiger partial charge on any atom is 0.337 e. The van der Waals surface area contributed by atoms with Crippen molar-refractivity contribution in [1.82, 2.24) is 0 Å². The van der Waals surface area contributed by atoms with Crippen LogP contribution in [-0.2, 0) is 9.47 Å². The number of anilines is 1. The molecule has 0 spiro atoms. The van der Waals surface area contributed by atoms with E-state index in [1.54, 1.807) is 13.2 Å². The number of aryl methyl sites for hydroxylation is 1. The molecule has 0 bridgehead atoms. The standard InChI is InChI=1S/C15H24N2O3/c1-11-9-12(15(18)20-3)6-7-14(11)17-13(10-19-2)5-4-8-16/h6-7,9,13,17H,4-5,8,10,16H2,1-3H3. The lowest BCUT2D eigenvalue weighted by atomic mass is 10.1. The van der Waals surface area contributed by atoms with E-state index in [-0.39, 0.29) is 12.0 Å². The molecule has 0 saturated carbocycles. The highest BCUT2D eigenvalue weighted by atomic mass is 16.5. The predicted molar refractivity (Wildman–Crippen MR) is 80.1 cm³/mol. The molecule has 5 nitrogen and oxygen atoms in total. The molecule has 0 aliphatic heterocycles. The topological polar surface area (TPSA) is 73.6 Å². The molecule has 1 atom stereocenters. The van der Waals surface area contributed by atoms with Crippen LogP contribution in [0.4, 0.5) is 5.69 Å². The molecule has 0 fully saturated rings. The smallest absolute Gasteiger partial charge is 0.337 e. The number of carbonyl (C=O) groups excluding carboxylic acids is 1. The van der Waals surface area contributed by atoms with Gasteiger partial charge in [-0.2, -0.15) is 0 Å². The van der Waals surface area contributed by atoms with Crippen molar-refractivity contribution in [1.29, 1.82) is 0 Å². The number of hydrogen-bond donors (Lipinski definition) is 2. The number of esters is 1. The minimum atomic E-state index is -0.323. The molecule has 20 heavy (non-hydrogen) atoms. The van der Waals surface area contributed by atoms with E-state index in [2.05, 4.69) is 5.32 Å². The second kappa shape index (κ2) is 8.55. The molecule has 1 rings (SSSR count). The lowest BCUT2D eigenvalue weighted by Gasteiger charge is -2.20. The molecule has 0 saturated heterocycles. The number of methoxy groups -OCH3 is 2. The van der Waals surface area contributed by atoms with Gasteiger partial charge < -0.3 is 20.5 Å². The maximum atomic E-state index is 11.5. The molecule has 5 heteroatoms. The first-order chi connectivity index (χ1) is 9.62. The molecule has 0 amide bonds. The zero-order chi connectivity index (χ0) is 15.0. The van der Waals surface area contributed by atoms with Crippen LogP contribution in [0, 0.1) is 6.92 Å². The summed E-state index contributed by atoms with van der Waals surface area (Å²) in [6, 6.07) is 5.69. The Morgan fingerprint density at radius 2 is 2.15 bits per heavy atom. The van der Waals surface area contributed by atoms with E-state index >= 15 is 0 Å². The Kier molecular flexibility index (Phi) is 7.04. The zero-order valence-electron chi connectivity index (χ0n) is 12.4. The van der Waals surface area contributed by atoms with Gasteiger partial charge in [0.05, 0.1) is 19.3 Å². The number of ether oxygens (including phenoxy) is 2. The number of nitrogens with one attached hydrogen (secondary N) is 1. The van der Waals surface area contributed by atoms with E-state index in [4.69, 9.17) is 15.2 Å². The van der Waals surface area contributed by atoms with Crippen LogP contribution < -0.4 is 11.1 Å². The molecule has 3 N–H and O–H groups in total. The first-order valence-corrected chi connectivity index (χ1v) is 6.76. The number of carbonyl (C=O) groups is 1. The average Bonchev–Trinajstić information content (AvgIpc) is 2.46. The van der Waals surface area contributed by atoms with E-state index in [1.807, 2.05) is 19.1 Å². The Balaban J connectivity index is 2.77. The summed E-state index contributed by atoms with van der Waals surface area (Å²) < 4.78 is 9.93. The first kappa shape index (κ1) is 16.5. The van der Waals surface area contributed by atoms with Crippen LogP contribution in [0.25, 0.3) is 0 Å². The minimum Gasteiger partial charge on any atom is -0.465 e. The molecule has 0 radical (unpaired) electrons. The molecule has 1 aromatic carbocycles. The Bertz CT molecular complexity index is 435. The van der Waals surface area contributed by atoms with Crippen molar-refractivity contribution in [3.8, 4) is 0 Å². The Hall–Kier alpha value is -1.59. The van der Waals surface area contributed by atoms with Crippen LogP contribution in [0.5, 0.6) is 0 Å². The Morgan fingerprint density at radius 1 is 1.40 bits per heavy atom. The Morgan fingerprint density at radius 3 is 2.70 bits per heavy atom. The lowest BCUT2D eigenvalue weighted by molar-refractivity contribution is 0.0600. The molecule has 1 unspecified atom stereocenters. The van der Waals surface area contributed by atoms with Crippen molar-refractivity contribution < 1.29 is 14.3 Å². The summed E-state index contributed by atoms with van der Waals surface area (Å²) in [6.45, 7) is 3.25. The molecule has 0 heterocycles. The molecule has 0 aliphatic rings. The van der Waals surface area contributed by atoms with Gasteiger partial charge in [-0.05, 0) is 50.1 Å². The van der Waals surface area contributed by atoms with Crippen LogP contribution in [0.2, 0.25) is 0 Å². The molecular formula is C15H24N2O3. The second-order valence-electron chi connectivity index (χ2n) is 4.75. The summed E-state index contributed by atoms with van der Waals surface area (Å²) in [5.74, 6) is -0.323. The van der Waals surface area contributed by atoms with Gasteiger partial charge in [0.25, 0.3) is 0 Å². The van der Waals surface area contributed by atoms with Gasteiger partial charge in [-0.15, -0.1) is 0 Å². The van der Waals surface area contributed by atoms with Crippen molar-refractivity contribution >= 4 is 11.7 Å². The fourth-order valence-electron chi connectivity index (χ4n) is 2.05. The average molecular weight is 280 g/mol. The van der Waals surface area contributed by atoms with Gasteiger partial charge in [-0.3, -0.25) is 0 Å². The van der Waals surface area contributed by atoms with E-state index in [0.717, 1.165) is 24.1 Å². The van der Waals surface area contributed by atoms with Gasteiger partial charge >= 0.3 is 5.97 Å². The van der Waals surface area contributed by atoms with Crippen molar-refractivity contribution in [2.45, 2.75) is 25.8 Å². The highest BCUT2D eigenvalue weighted by Gasteiger charge is 2.11. The van der Waals surface area contributed by atoms with Crippen molar-refractivity contribution in [2.75, 3.05) is 32.7 Å². The van der Waals surface area contributed by atoms with Crippen LogP contribution in [0.15, 0.2) is 18.2 Å². The zero-order valence-corrected chi connectivity index (χ0v) is 12.4. The van der Waals surface area contributed by atoms with Gasteiger partial charge in [0.2, 0.25) is 0 Å². The van der Waals surface area contributed by atoms with Crippen molar-refractivity contribution in [3.05, 3.63) is 29.3 Å². The minimum absolute atomic E-state index is 0.214. The summed E-state index contributed by atoms with van der Waals surface area (Å²) in [4.78, 5) is 11.5. The van der Waals surface area contributed by atoms with E-state index in [1.165, 1.54) is 7.11 Å². The molecule has 1 aromatic rings. The summed E-state index contributed by atoms with van der Waals surface area (Å²) in [7, 11) is 3.07. The summed E-state index contributed by atoms with van der Waals surface area (Å²) in [6.07, 6.45) is 1.89. The third-order valence-corrected chi connectivity index (χ3v) is 3.13. The van der Waals surface area contributed by atoms with Gasteiger partial charge in [0, 0.05) is 18.8 Å². The molecular weight excluding hydrogens is 256 g/mol. The van der Waals surface area contributed by atoms with Gasteiger partial charge in [-0.1, -0.05) is 0 Å². The third-order valence-electron chi connectivity index (χ3n) is 3.13. The van der Waals surface area contributed by atoms with E-state index in [0.29, 0.717) is 18.7 Å². The summed E-state index contributed by atoms with van der Waals surface area (Å²) in [5, 5.41) is 3.43. The number of benzene rings is 1. The summed E-state index contributed by atoms with van der Waals surface area (Å²) >= 11 is 0. The molecule has 112 valence electrons. The SMILES string of the molecule is COCC(CCCN)Nc1ccc(C(=O)OC)cc1C. The normalized spacial score (nSPS) is 12.0. The quantitative estimate of drug-likeness (QED) is 0.712. The van der Waals surface area contributed by atoms with Gasteiger partial charge in [0.1, 0.15) is 0 Å². The highest BCUT2D eigenvalue weighted by molar-refractivity contribution is 5.90. The number of hydrogen-bond acceptors (Lipinski definition) is 5. The fraction of sp³-hybridized carbons (Fsp3) is 0.533. The van der Waals surface area contributed by atoms with Crippen LogP contribution in [0.1, 0.15) is 28.8 Å². The monoisotopic (exact) mass is 280 g/mol. The van der Waals surface area contributed by atoms with E-state index in [9.17, 15) is 4.79 Å². The largest absolute Gasteiger partial charge is 0.465 e. The van der Waals surface area contributed by atoms with Crippen LogP contribution >= 0.6 is 0 Å². The number of nitrogens with two attached hydrogens (primary N) is 1. The summed E-state index contributed by atoms with van der Waals surface area (Å²) in [5.41, 5.74) is 8.10. The van der Waals surface area contributed by atoms with E-state index < -0.39 is 0 Å². The predicted octanol–water partition coefficient (Wildman–Crippen LogP) is 1.95. The fourth-order valence-corrected chi connectivity index (χ4v) is 2.05. The molecule has 0 aliphatic carbocycles. The van der Waals surface area contributed by atoms with Crippen molar-refractivity contribution in [3.63, 3.8) is 0 Å². The lowest BCUT2D eigenvalue weighted by Crippen LogP contribution is -2.26. The third kappa shape index (κ3) is 4.83. The number of rotatable bonds is 8. The first-order valence-electron chi connectivity index (χ1n) is 6.76. The van der Waals surface area contributed by atoms with Crippen molar-refractivity contribution in [2.24, 2.45) is 5.73 Å². The van der Waals surface area contributed by atoms with Crippen LogP contribution in [-0.4, -0.2) is 39.4 Å². The Labute approximate surface area is 120 Å². The van der Waals surface area contributed by atoms with Gasteiger partial charge in [0.15, 0.2) is 0 Å².